The van der Waals surface area contributed by atoms with Gasteiger partial charge in [0.15, 0.2) is 0 Å². The van der Waals surface area contributed by atoms with Crippen LogP contribution in [0.5, 0.6) is 5.75 Å². The first-order valence-corrected chi connectivity index (χ1v) is 13.1. The Balaban J connectivity index is 1.57. The standard InChI is InChI=1S/C30H30F6N2O2/c1-21-19-37(14-15-39-21)24-8-4-6-22(16-24)18-28(23-7-5-9-25(17-23)40-30(34,35)36)20-38(13-12-29(31,32)33)27-11-3-2-10-26(27)28/h2-11,16-17,21H,12-15,18-20H2,1H3/t21-,28?/m1/s1. The van der Waals surface area contributed by atoms with Gasteiger partial charge < -0.3 is 19.3 Å². The number of nitrogens with zero attached hydrogens (tertiary/aromatic N) is 2. The predicted octanol–water partition coefficient (Wildman–Crippen LogP) is 7.11. The van der Waals surface area contributed by atoms with Crippen LogP contribution >= 0.6 is 0 Å². The summed E-state index contributed by atoms with van der Waals surface area (Å²) in [5.74, 6) is -0.369. The summed E-state index contributed by atoms with van der Waals surface area (Å²) < 4.78 is 88.9. The average Bonchev–Trinajstić information content (AvgIpc) is 3.21. The number of hydrogen-bond acceptors (Lipinski definition) is 4. The van der Waals surface area contributed by atoms with Crippen molar-refractivity contribution < 1.29 is 35.8 Å². The van der Waals surface area contributed by atoms with Crippen LogP contribution in [0.15, 0.2) is 72.8 Å². The van der Waals surface area contributed by atoms with Gasteiger partial charge in [0.05, 0.1) is 19.1 Å². The highest BCUT2D eigenvalue weighted by atomic mass is 19.4. The zero-order valence-corrected chi connectivity index (χ0v) is 21.9. The van der Waals surface area contributed by atoms with Crippen LogP contribution in [0, 0.1) is 0 Å². The topological polar surface area (TPSA) is 24.9 Å². The van der Waals surface area contributed by atoms with Gasteiger partial charge in [-0.05, 0) is 60.4 Å². The van der Waals surface area contributed by atoms with E-state index in [0.29, 0.717) is 24.3 Å². The third-order valence-electron chi connectivity index (χ3n) is 7.53. The van der Waals surface area contributed by atoms with Gasteiger partial charge in [0.1, 0.15) is 5.75 Å². The minimum absolute atomic E-state index is 0.0732. The molecule has 0 saturated carbocycles. The lowest BCUT2D eigenvalue weighted by atomic mass is 9.71. The van der Waals surface area contributed by atoms with Crippen LogP contribution in [0.3, 0.4) is 0 Å². The first-order chi connectivity index (χ1) is 18.9. The van der Waals surface area contributed by atoms with Crippen molar-refractivity contribution in [3.05, 3.63) is 89.5 Å². The number of ether oxygens (including phenoxy) is 2. The first kappa shape index (κ1) is 28.1. The Bertz CT molecular complexity index is 1330. The number of benzene rings is 3. The van der Waals surface area contributed by atoms with E-state index in [9.17, 15) is 26.3 Å². The molecule has 2 heterocycles. The fourth-order valence-electron chi connectivity index (χ4n) is 5.87. The van der Waals surface area contributed by atoms with Gasteiger partial charge in [-0.25, -0.2) is 0 Å². The number of hydrogen-bond donors (Lipinski definition) is 0. The number of morpholine rings is 1. The van der Waals surface area contributed by atoms with Crippen LogP contribution in [0.4, 0.5) is 37.7 Å². The van der Waals surface area contributed by atoms with Crippen LogP contribution in [-0.2, 0) is 16.6 Å². The van der Waals surface area contributed by atoms with Gasteiger partial charge in [0.25, 0.3) is 0 Å². The highest BCUT2D eigenvalue weighted by Gasteiger charge is 2.45. The van der Waals surface area contributed by atoms with Gasteiger partial charge >= 0.3 is 12.5 Å². The molecule has 4 nitrogen and oxygen atoms in total. The maximum atomic E-state index is 13.2. The summed E-state index contributed by atoms with van der Waals surface area (Å²) in [6, 6.07) is 20.9. The summed E-state index contributed by atoms with van der Waals surface area (Å²) in [6.07, 6.45) is -9.77. The molecule has 2 aliphatic heterocycles. The quantitative estimate of drug-likeness (QED) is 0.286. The smallest absolute Gasteiger partial charge is 0.406 e. The number of fused-ring (bicyclic) bond motifs is 1. The van der Waals surface area contributed by atoms with E-state index in [1.54, 1.807) is 23.1 Å². The summed E-state index contributed by atoms with van der Waals surface area (Å²) in [4.78, 5) is 3.91. The van der Waals surface area contributed by atoms with Crippen molar-refractivity contribution in [2.45, 2.75) is 43.8 Å². The highest BCUT2D eigenvalue weighted by molar-refractivity contribution is 5.67. The maximum absolute atomic E-state index is 13.2. The van der Waals surface area contributed by atoms with E-state index in [1.165, 1.54) is 18.2 Å². The number of rotatable bonds is 7. The maximum Gasteiger partial charge on any atom is 0.573 e. The number of halogens is 6. The third-order valence-corrected chi connectivity index (χ3v) is 7.53. The zero-order valence-electron chi connectivity index (χ0n) is 21.9. The Kier molecular flexibility index (Phi) is 7.65. The number of alkyl halides is 6. The molecule has 214 valence electrons. The van der Waals surface area contributed by atoms with E-state index in [2.05, 4.69) is 15.7 Å². The lowest BCUT2D eigenvalue weighted by molar-refractivity contribution is -0.274. The second-order valence-corrected chi connectivity index (χ2v) is 10.4. The number of anilines is 2. The van der Waals surface area contributed by atoms with Gasteiger partial charge in [-0.15, -0.1) is 13.2 Å². The second kappa shape index (κ2) is 10.9. The SMILES string of the molecule is C[C@@H]1CN(c2cccc(CC3(c4cccc(OC(F)(F)F)c4)CN(CCC(F)(F)F)c4ccccc43)c2)CCO1. The first-order valence-electron chi connectivity index (χ1n) is 13.1. The van der Waals surface area contributed by atoms with E-state index >= 15 is 0 Å². The monoisotopic (exact) mass is 564 g/mol. The Morgan fingerprint density at radius 2 is 1.73 bits per heavy atom. The molecule has 3 aromatic carbocycles. The van der Waals surface area contributed by atoms with Crippen molar-refractivity contribution in [1.29, 1.82) is 0 Å². The van der Waals surface area contributed by atoms with Crippen LogP contribution in [-0.4, -0.2) is 51.4 Å². The summed E-state index contributed by atoms with van der Waals surface area (Å²) >= 11 is 0. The minimum Gasteiger partial charge on any atom is -0.406 e. The van der Waals surface area contributed by atoms with E-state index in [0.717, 1.165) is 29.9 Å². The summed E-state index contributed by atoms with van der Waals surface area (Å²) in [7, 11) is 0. The van der Waals surface area contributed by atoms with Gasteiger partial charge in [0, 0.05) is 43.0 Å². The Labute approximate surface area is 229 Å². The normalized spacial score (nSPS) is 21.4. The third kappa shape index (κ3) is 6.32. The van der Waals surface area contributed by atoms with Gasteiger partial charge in [-0.3, -0.25) is 0 Å². The molecule has 0 aromatic heterocycles. The van der Waals surface area contributed by atoms with Crippen LogP contribution < -0.4 is 14.5 Å². The molecule has 0 radical (unpaired) electrons. The highest BCUT2D eigenvalue weighted by Crippen LogP contribution is 2.48. The lowest BCUT2D eigenvalue weighted by Crippen LogP contribution is -2.41. The van der Waals surface area contributed by atoms with Crippen LogP contribution in [0.1, 0.15) is 30.0 Å². The largest absolute Gasteiger partial charge is 0.573 e. The van der Waals surface area contributed by atoms with E-state index in [-0.39, 0.29) is 24.9 Å². The van der Waals surface area contributed by atoms with Crippen molar-refractivity contribution in [3.63, 3.8) is 0 Å². The molecule has 5 rings (SSSR count). The Hall–Kier alpha value is -3.40. The Morgan fingerprint density at radius 3 is 2.48 bits per heavy atom. The molecule has 2 atom stereocenters. The summed E-state index contributed by atoms with van der Waals surface area (Å²) in [6.45, 7) is 3.97. The fourth-order valence-corrected chi connectivity index (χ4v) is 5.87. The Morgan fingerprint density at radius 1 is 0.950 bits per heavy atom. The van der Waals surface area contributed by atoms with Gasteiger partial charge in [-0.2, -0.15) is 13.2 Å². The molecule has 2 aliphatic rings. The minimum atomic E-state index is -4.87. The molecule has 3 aromatic rings. The molecular formula is C30H30F6N2O2. The van der Waals surface area contributed by atoms with Gasteiger partial charge in [-0.1, -0.05) is 42.5 Å². The molecule has 1 fully saturated rings. The number of para-hydroxylation sites is 1. The van der Waals surface area contributed by atoms with Gasteiger partial charge in [0.2, 0.25) is 0 Å². The average molecular weight is 565 g/mol. The molecule has 1 saturated heterocycles. The van der Waals surface area contributed by atoms with Crippen molar-refractivity contribution in [2.75, 3.05) is 42.6 Å². The summed E-state index contributed by atoms with van der Waals surface area (Å²) in [5.41, 5.74) is 2.97. The molecule has 40 heavy (non-hydrogen) atoms. The molecule has 0 bridgehead atoms. The van der Waals surface area contributed by atoms with E-state index < -0.39 is 24.4 Å². The molecule has 0 aliphatic carbocycles. The second-order valence-electron chi connectivity index (χ2n) is 10.4. The van der Waals surface area contributed by atoms with E-state index in [1.807, 2.05) is 37.3 Å². The lowest BCUT2D eigenvalue weighted by Gasteiger charge is -2.34. The fraction of sp³-hybridized carbons (Fsp3) is 0.400. The van der Waals surface area contributed by atoms with Crippen molar-refractivity contribution >= 4 is 11.4 Å². The molecule has 0 amide bonds. The van der Waals surface area contributed by atoms with Crippen molar-refractivity contribution in [2.24, 2.45) is 0 Å². The summed E-state index contributed by atoms with van der Waals surface area (Å²) in [5, 5.41) is 0. The molecular weight excluding hydrogens is 534 g/mol. The molecule has 0 spiro atoms. The van der Waals surface area contributed by atoms with Crippen LogP contribution in [0.25, 0.3) is 0 Å². The zero-order chi connectivity index (χ0) is 28.5. The predicted molar refractivity (Wildman–Crippen MR) is 141 cm³/mol. The van der Waals surface area contributed by atoms with Crippen molar-refractivity contribution in [3.8, 4) is 5.75 Å². The van der Waals surface area contributed by atoms with Crippen LogP contribution in [0.2, 0.25) is 0 Å². The van der Waals surface area contributed by atoms with Crippen molar-refractivity contribution in [1.82, 2.24) is 0 Å². The molecule has 10 heteroatoms. The molecule has 1 unspecified atom stereocenters. The molecule has 0 N–H and O–H groups in total. The van der Waals surface area contributed by atoms with E-state index in [4.69, 9.17) is 4.74 Å².